The van der Waals surface area contributed by atoms with Gasteiger partial charge in [-0.25, -0.2) is 0 Å². The first kappa shape index (κ1) is 15.1. The van der Waals surface area contributed by atoms with Gasteiger partial charge in [-0.15, -0.1) is 0 Å². The third-order valence-electron chi connectivity index (χ3n) is 7.30. The van der Waals surface area contributed by atoms with Crippen molar-refractivity contribution in [2.75, 3.05) is 0 Å². The summed E-state index contributed by atoms with van der Waals surface area (Å²) in [6.45, 7) is 0. The summed E-state index contributed by atoms with van der Waals surface area (Å²) in [6.07, 6.45) is 27.3. The van der Waals surface area contributed by atoms with Gasteiger partial charge in [0.05, 0.1) is 12.0 Å². The quantitative estimate of drug-likeness (QED) is 0.711. The van der Waals surface area contributed by atoms with Crippen LogP contribution in [0.4, 0.5) is 0 Å². The lowest BCUT2D eigenvalue weighted by Crippen LogP contribution is -2.37. The fourth-order valence-corrected chi connectivity index (χ4v) is 6.20. The molecule has 2 heteroatoms. The first-order valence-corrected chi connectivity index (χ1v) is 10.7. The molecule has 4 atom stereocenters. The van der Waals surface area contributed by atoms with Gasteiger partial charge in [-0.05, 0) is 55.7 Å². The lowest BCUT2D eigenvalue weighted by Gasteiger charge is -2.34. The number of nitrogens with one attached hydrogen (secondary N) is 1. The Hall–Kier alpha value is -1.96. The van der Waals surface area contributed by atoms with Gasteiger partial charge in [-0.3, -0.25) is 0 Å². The van der Waals surface area contributed by atoms with Crippen LogP contribution in [0.5, 0.6) is 0 Å². The van der Waals surface area contributed by atoms with Gasteiger partial charge >= 0.3 is 0 Å². The summed E-state index contributed by atoms with van der Waals surface area (Å²) in [5.74, 6) is 1.28. The average Bonchev–Trinajstić information content (AvgIpc) is 3.24. The molecular weight excluding hydrogens is 316 g/mol. The van der Waals surface area contributed by atoms with Gasteiger partial charge in [0.25, 0.3) is 0 Å². The molecule has 1 N–H and O–H groups in total. The lowest BCUT2D eigenvalue weighted by molar-refractivity contribution is 0.333. The van der Waals surface area contributed by atoms with Gasteiger partial charge in [0.1, 0.15) is 0 Å². The van der Waals surface area contributed by atoms with E-state index >= 15 is 0 Å². The monoisotopic (exact) mass is 344 g/mol. The summed E-state index contributed by atoms with van der Waals surface area (Å²) < 4.78 is 0. The molecule has 0 aromatic carbocycles. The van der Waals surface area contributed by atoms with Crippen molar-refractivity contribution < 1.29 is 0 Å². The minimum Gasteiger partial charge on any atom is -0.384 e. The zero-order chi connectivity index (χ0) is 17.1. The van der Waals surface area contributed by atoms with Gasteiger partial charge in [0.15, 0.2) is 0 Å². The third kappa shape index (κ3) is 2.05. The first-order chi connectivity index (χ1) is 12.9. The van der Waals surface area contributed by atoms with Crippen LogP contribution in [0.3, 0.4) is 0 Å². The predicted molar refractivity (Wildman–Crippen MR) is 106 cm³/mol. The van der Waals surface area contributed by atoms with Crippen LogP contribution in [0, 0.1) is 11.8 Å². The van der Waals surface area contributed by atoms with E-state index in [1.807, 2.05) is 0 Å². The minimum absolute atomic E-state index is 0.461. The van der Waals surface area contributed by atoms with Gasteiger partial charge in [0.2, 0.25) is 0 Å². The van der Waals surface area contributed by atoms with Crippen molar-refractivity contribution in [2.24, 2.45) is 11.8 Å². The molecule has 1 saturated carbocycles. The van der Waals surface area contributed by atoms with E-state index in [0.717, 1.165) is 5.92 Å². The molecule has 0 radical (unpaired) electrons. The standard InChI is InChI=1S/C24H28N2/c1-2-8-16(9-3-1)26-21-13-7-5-11-19(21)23-22(26)15-14-18-17-10-4-6-12-20(17)25-24(18)23/h2,5,8-9,11,14-15,17,20,22-23,25H,1,3-4,6-7,10,12-13H2. The maximum atomic E-state index is 4.02. The van der Waals surface area contributed by atoms with Gasteiger partial charge < -0.3 is 10.2 Å². The van der Waals surface area contributed by atoms with Crippen LogP contribution in [0.2, 0.25) is 0 Å². The fraction of sp³-hybridized carbons (Fsp3) is 0.500. The van der Waals surface area contributed by atoms with Crippen molar-refractivity contribution in [1.82, 2.24) is 10.2 Å². The number of fused-ring (bicyclic) bond motifs is 5. The highest BCUT2D eigenvalue weighted by Gasteiger charge is 2.48. The number of rotatable bonds is 1. The second-order valence-electron chi connectivity index (χ2n) is 8.66. The molecule has 2 aliphatic heterocycles. The first-order valence-electron chi connectivity index (χ1n) is 10.7. The Morgan fingerprint density at radius 2 is 1.85 bits per heavy atom. The minimum atomic E-state index is 0.461. The van der Waals surface area contributed by atoms with Crippen LogP contribution in [-0.4, -0.2) is 17.0 Å². The highest BCUT2D eigenvalue weighted by Crippen LogP contribution is 2.51. The van der Waals surface area contributed by atoms with E-state index < -0.39 is 0 Å². The van der Waals surface area contributed by atoms with E-state index in [1.54, 1.807) is 22.5 Å². The molecule has 0 spiro atoms. The summed E-state index contributed by atoms with van der Waals surface area (Å²) in [4.78, 5) is 2.67. The summed E-state index contributed by atoms with van der Waals surface area (Å²) in [7, 11) is 0. The molecule has 1 fully saturated rings. The summed E-state index contributed by atoms with van der Waals surface area (Å²) >= 11 is 0. The Labute approximate surface area is 156 Å². The molecular formula is C24H28N2. The lowest BCUT2D eigenvalue weighted by atomic mass is 9.78. The second kappa shape index (κ2) is 5.77. The van der Waals surface area contributed by atoms with Crippen molar-refractivity contribution >= 4 is 0 Å². The van der Waals surface area contributed by atoms with E-state index in [-0.39, 0.29) is 0 Å². The molecule has 0 saturated heterocycles. The number of allylic oxidation sites excluding steroid dienone is 7. The van der Waals surface area contributed by atoms with Crippen molar-refractivity contribution in [3.8, 4) is 0 Å². The van der Waals surface area contributed by atoms with E-state index in [4.69, 9.17) is 0 Å². The molecule has 4 aliphatic carbocycles. The largest absolute Gasteiger partial charge is 0.384 e. The Morgan fingerprint density at radius 1 is 0.923 bits per heavy atom. The normalized spacial score (nSPS) is 37.2. The van der Waals surface area contributed by atoms with Crippen LogP contribution in [0.15, 0.2) is 70.8 Å². The molecule has 2 heterocycles. The van der Waals surface area contributed by atoms with Crippen LogP contribution in [0.25, 0.3) is 0 Å². The Kier molecular flexibility index (Phi) is 3.36. The SMILES string of the molecule is C1=CC(N2C3=C(C=CCC3)C3C4=C(C=CC32)C2CCCCC2N4)=CCC1. The summed E-state index contributed by atoms with van der Waals surface area (Å²) in [6, 6.07) is 1.15. The molecule has 0 aromatic rings. The third-order valence-corrected chi connectivity index (χ3v) is 7.30. The summed E-state index contributed by atoms with van der Waals surface area (Å²) in [5, 5.41) is 4.02. The molecule has 0 aromatic heterocycles. The summed E-state index contributed by atoms with van der Waals surface area (Å²) in [5.41, 5.74) is 7.79. The molecule has 134 valence electrons. The van der Waals surface area contributed by atoms with E-state index in [1.165, 1.54) is 57.1 Å². The topological polar surface area (TPSA) is 15.3 Å². The van der Waals surface area contributed by atoms with E-state index in [2.05, 4.69) is 52.7 Å². The fourth-order valence-electron chi connectivity index (χ4n) is 6.20. The van der Waals surface area contributed by atoms with Crippen molar-refractivity contribution in [3.05, 3.63) is 70.8 Å². The van der Waals surface area contributed by atoms with Crippen molar-refractivity contribution in [3.63, 3.8) is 0 Å². The van der Waals surface area contributed by atoms with Crippen LogP contribution in [-0.2, 0) is 0 Å². The maximum absolute atomic E-state index is 4.02. The molecule has 0 bridgehead atoms. The molecule has 4 unspecified atom stereocenters. The highest BCUT2D eigenvalue weighted by atomic mass is 15.2. The molecule has 6 rings (SSSR count). The molecule has 26 heavy (non-hydrogen) atoms. The van der Waals surface area contributed by atoms with Crippen LogP contribution >= 0.6 is 0 Å². The Bertz CT molecular complexity index is 819. The van der Waals surface area contributed by atoms with Crippen LogP contribution in [0.1, 0.15) is 51.4 Å². The smallest absolute Gasteiger partial charge is 0.0646 e. The highest BCUT2D eigenvalue weighted by molar-refractivity contribution is 5.54. The van der Waals surface area contributed by atoms with Gasteiger partial charge in [-0.2, -0.15) is 0 Å². The Balaban J connectivity index is 1.44. The van der Waals surface area contributed by atoms with Gasteiger partial charge in [-0.1, -0.05) is 49.3 Å². The van der Waals surface area contributed by atoms with E-state index in [0.29, 0.717) is 18.0 Å². The maximum Gasteiger partial charge on any atom is 0.0646 e. The molecule has 2 nitrogen and oxygen atoms in total. The predicted octanol–water partition coefficient (Wildman–Crippen LogP) is 5.11. The van der Waals surface area contributed by atoms with E-state index in [9.17, 15) is 0 Å². The van der Waals surface area contributed by atoms with Gasteiger partial charge in [0, 0.05) is 29.1 Å². The zero-order valence-electron chi connectivity index (χ0n) is 15.5. The second-order valence-corrected chi connectivity index (χ2v) is 8.66. The number of hydrogen-bond donors (Lipinski definition) is 1. The van der Waals surface area contributed by atoms with Crippen molar-refractivity contribution in [1.29, 1.82) is 0 Å². The van der Waals surface area contributed by atoms with Crippen molar-refractivity contribution in [2.45, 2.75) is 63.5 Å². The Morgan fingerprint density at radius 3 is 2.77 bits per heavy atom. The number of hydrogen-bond acceptors (Lipinski definition) is 2. The molecule has 6 aliphatic rings. The van der Waals surface area contributed by atoms with Crippen LogP contribution < -0.4 is 5.32 Å². The number of nitrogens with zero attached hydrogens (tertiary/aromatic N) is 1. The zero-order valence-corrected chi connectivity index (χ0v) is 15.5. The molecule has 0 amide bonds. The average molecular weight is 345 g/mol.